The van der Waals surface area contributed by atoms with Crippen LogP contribution in [-0.2, 0) is 9.59 Å². The van der Waals surface area contributed by atoms with Gasteiger partial charge in [0, 0.05) is 26.1 Å². The number of likely N-dealkylation sites (N-methyl/N-ethyl adjacent to an activating group) is 1. The maximum atomic E-state index is 12.5. The Morgan fingerprint density at radius 1 is 1.33 bits per heavy atom. The van der Waals surface area contributed by atoms with E-state index in [2.05, 4.69) is 0 Å². The molecule has 30 heavy (non-hydrogen) atoms. The number of rotatable bonds is 8. The molecule has 2 aromatic rings. The SMILES string of the molecule is CN(CC(O)c1ccc(O)cc1)C(=O)CCCN1C(=O)/C(=C\c2ccco2)SC1=S. The summed E-state index contributed by atoms with van der Waals surface area (Å²) in [6, 6.07) is 9.71. The van der Waals surface area contributed by atoms with Gasteiger partial charge in [-0.25, -0.2) is 0 Å². The zero-order valence-corrected chi connectivity index (χ0v) is 18.0. The van der Waals surface area contributed by atoms with Gasteiger partial charge in [0.25, 0.3) is 5.91 Å². The van der Waals surface area contributed by atoms with Crippen LogP contribution in [0.1, 0.15) is 30.3 Å². The van der Waals surface area contributed by atoms with E-state index >= 15 is 0 Å². The Labute approximate surface area is 184 Å². The molecule has 1 saturated heterocycles. The van der Waals surface area contributed by atoms with Gasteiger partial charge in [0.1, 0.15) is 15.8 Å². The van der Waals surface area contributed by atoms with E-state index in [1.165, 1.54) is 40.0 Å². The van der Waals surface area contributed by atoms with Crippen LogP contribution in [0.5, 0.6) is 5.75 Å². The van der Waals surface area contributed by atoms with Crippen molar-refractivity contribution in [2.45, 2.75) is 18.9 Å². The van der Waals surface area contributed by atoms with Crippen molar-refractivity contribution in [2.75, 3.05) is 20.1 Å². The van der Waals surface area contributed by atoms with Gasteiger partial charge in [-0.2, -0.15) is 0 Å². The third-order valence-corrected chi connectivity index (χ3v) is 5.99. The molecule has 158 valence electrons. The van der Waals surface area contributed by atoms with E-state index in [1.807, 2.05) is 0 Å². The molecule has 1 atom stereocenters. The van der Waals surface area contributed by atoms with Crippen molar-refractivity contribution >= 4 is 46.2 Å². The molecule has 1 unspecified atom stereocenters. The van der Waals surface area contributed by atoms with Crippen LogP contribution in [0.3, 0.4) is 0 Å². The molecular formula is C21H22N2O5S2. The third-order valence-electron chi connectivity index (χ3n) is 4.61. The highest BCUT2D eigenvalue weighted by atomic mass is 32.2. The van der Waals surface area contributed by atoms with Gasteiger partial charge in [0.2, 0.25) is 5.91 Å². The smallest absolute Gasteiger partial charge is 0.266 e. The Balaban J connectivity index is 1.47. The molecule has 2 amide bonds. The first-order valence-corrected chi connectivity index (χ1v) is 10.6. The molecule has 0 saturated carbocycles. The molecule has 1 aliphatic heterocycles. The number of phenolic OH excluding ortho intramolecular Hbond substituents is 1. The van der Waals surface area contributed by atoms with E-state index in [-0.39, 0.29) is 30.5 Å². The number of thiocarbonyl (C=S) groups is 1. The van der Waals surface area contributed by atoms with Gasteiger partial charge in [-0.3, -0.25) is 14.5 Å². The van der Waals surface area contributed by atoms with E-state index in [0.717, 1.165) is 0 Å². The lowest BCUT2D eigenvalue weighted by Gasteiger charge is -2.22. The fourth-order valence-corrected chi connectivity index (χ4v) is 4.23. The van der Waals surface area contributed by atoms with Crippen LogP contribution in [-0.4, -0.2) is 56.3 Å². The molecule has 1 aliphatic rings. The summed E-state index contributed by atoms with van der Waals surface area (Å²) in [6.07, 6.45) is 3.03. The Kier molecular flexibility index (Phi) is 7.30. The molecule has 0 spiro atoms. The van der Waals surface area contributed by atoms with Crippen LogP contribution in [0, 0.1) is 0 Å². The lowest BCUT2D eigenvalue weighted by molar-refractivity contribution is -0.131. The number of hydrogen-bond donors (Lipinski definition) is 2. The minimum atomic E-state index is -0.849. The lowest BCUT2D eigenvalue weighted by atomic mass is 10.1. The summed E-state index contributed by atoms with van der Waals surface area (Å²) in [5.41, 5.74) is 0.619. The van der Waals surface area contributed by atoms with Crippen LogP contribution in [0.15, 0.2) is 52.0 Å². The molecule has 7 nitrogen and oxygen atoms in total. The number of carbonyl (C=O) groups is 2. The highest BCUT2D eigenvalue weighted by Crippen LogP contribution is 2.32. The largest absolute Gasteiger partial charge is 0.508 e. The number of nitrogens with zero attached hydrogens (tertiary/aromatic N) is 2. The summed E-state index contributed by atoms with van der Waals surface area (Å²) in [5, 5.41) is 19.6. The monoisotopic (exact) mass is 446 g/mol. The predicted molar refractivity (Wildman–Crippen MR) is 119 cm³/mol. The minimum Gasteiger partial charge on any atom is -0.508 e. The van der Waals surface area contributed by atoms with Gasteiger partial charge in [-0.15, -0.1) is 0 Å². The zero-order chi connectivity index (χ0) is 21.7. The minimum absolute atomic E-state index is 0.116. The molecule has 0 aliphatic carbocycles. The number of amides is 2. The predicted octanol–water partition coefficient (Wildman–Crippen LogP) is 3.16. The summed E-state index contributed by atoms with van der Waals surface area (Å²) in [5.74, 6) is 0.374. The highest BCUT2D eigenvalue weighted by molar-refractivity contribution is 8.26. The van der Waals surface area contributed by atoms with Gasteiger partial charge in [-0.05, 0) is 36.2 Å². The van der Waals surface area contributed by atoms with Gasteiger partial charge in [-0.1, -0.05) is 36.1 Å². The molecule has 0 bridgehead atoms. The van der Waals surface area contributed by atoms with Gasteiger partial charge in [0.15, 0.2) is 0 Å². The normalized spacial score (nSPS) is 16.3. The number of benzene rings is 1. The number of hydrogen-bond acceptors (Lipinski definition) is 7. The summed E-state index contributed by atoms with van der Waals surface area (Å²) in [6.45, 7) is 0.483. The molecule has 1 aromatic carbocycles. The summed E-state index contributed by atoms with van der Waals surface area (Å²) >= 11 is 6.51. The van der Waals surface area contributed by atoms with Crippen molar-refractivity contribution in [3.63, 3.8) is 0 Å². The topological polar surface area (TPSA) is 94.2 Å². The van der Waals surface area contributed by atoms with Crippen molar-refractivity contribution in [3.05, 3.63) is 58.9 Å². The van der Waals surface area contributed by atoms with Crippen LogP contribution < -0.4 is 0 Å². The molecule has 0 radical (unpaired) electrons. The van der Waals surface area contributed by atoms with Crippen LogP contribution in [0.4, 0.5) is 0 Å². The number of phenols is 1. The molecular weight excluding hydrogens is 424 g/mol. The number of furan rings is 1. The highest BCUT2D eigenvalue weighted by Gasteiger charge is 2.32. The van der Waals surface area contributed by atoms with Crippen molar-refractivity contribution < 1.29 is 24.2 Å². The summed E-state index contributed by atoms with van der Waals surface area (Å²) in [4.78, 5) is 28.4. The van der Waals surface area contributed by atoms with E-state index in [1.54, 1.807) is 37.4 Å². The third kappa shape index (κ3) is 5.50. The summed E-state index contributed by atoms with van der Waals surface area (Å²) in [7, 11) is 1.62. The Bertz CT molecular complexity index is 941. The molecule has 2 N–H and O–H groups in total. The lowest BCUT2D eigenvalue weighted by Crippen LogP contribution is -2.33. The van der Waals surface area contributed by atoms with Crippen molar-refractivity contribution in [2.24, 2.45) is 0 Å². The molecule has 1 aromatic heterocycles. The van der Waals surface area contributed by atoms with Crippen molar-refractivity contribution in [1.29, 1.82) is 0 Å². The Morgan fingerprint density at radius 2 is 2.07 bits per heavy atom. The number of aliphatic hydroxyl groups excluding tert-OH is 1. The maximum Gasteiger partial charge on any atom is 0.266 e. The van der Waals surface area contributed by atoms with E-state index in [0.29, 0.717) is 33.5 Å². The summed E-state index contributed by atoms with van der Waals surface area (Å²) < 4.78 is 5.70. The quantitative estimate of drug-likeness (QED) is 0.475. The van der Waals surface area contributed by atoms with E-state index in [9.17, 15) is 19.8 Å². The number of aromatic hydroxyl groups is 1. The first-order valence-electron chi connectivity index (χ1n) is 9.35. The Morgan fingerprint density at radius 3 is 2.73 bits per heavy atom. The molecule has 2 heterocycles. The molecule has 3 rings (SSSR count). The van der Waals surface area contributed by atoms with Crippen molar-refractivity contribution in [1.82, 2.24) is 9.80 Å². The second-order valence-electron chi connectivity index (χ2n) is 6.83. The first kappa shape index (κ1) is 22.1. The fraction of sp³-hybridized carbons (Fsp3) is 0.286. The Hall–Kier alpha value is -2.62. The number of thioether (sulfide) groups is 1. The zero-order valence-electron chi connectivity index (χ0n) is 16.4. The maximum absolute atomic E-state index is 12.5. The van der Waals surface area contributed by atoms with E-state index < -0.39 is 6.10 Å². The first-order chi connectivity index (χ1) is 14.3. The standard InChI is InChI=1S/C21H22N2O5S2/c1-22(13-17(25)14-6-8-15(24)9-7-14)19(26)5-2-10-23-20(27)18(30-21(23)29)12-16-4-3-11-28-16/h3-4,6-9,11-12,17,24-25H,2,5,10,13H2,1H3/b18-12+. The second kappa shape index (κ2) is 9.92. The van der Waals surface area contributed by atoms with Crippen molar-refractivity contribution in [3.8, 4) is 5.75 Å². The van der Waals surface area contributed by atoms with Crippen LogP contribution >= 0.6 is 24.0 Å². The van der Waals surface area contributed by atoms with Gasteiger partial charge >= 0.3 is 0 Å². The van der Waals surface area contributed by atoms with Crippen LogP contribution in [0.2, 0.25) is 0 Å². The van der Waals surface area contributed by atoms with E-state index in [4.69, 9.17) is 16.6 Å². The fourth-order valence-electron chi connectivity index (χ4n) is 2.94. The molecule has 9 heteroatoms. The van der Waals surface area contributed by atoms with Gasteiger partial charge < -0.3 is 19.5 Å². The number of aliphatic hydroxyl groups is 1. The van der Waals surface area contributed by atoms with Crippen LogP contribution in [0.25, 0.3) is 6.08 Å². The molecule has 1 fully saturated rings. The average Bonchev–Trinajstić information content (AvgIpc) is 3.32. The average molecular weight is 447 g/mol. The number of carbonyl (C=O) groups excluding carboxylic acids is 2. The second-order valence-corrected chi connectivity index (χ2v) is 8.51. The van der Waals surface area contributed by atoms with Gasteiger partial charge in [0.05, 0.1) is 23.8 Å².